The van der Waals surface area contributed by atoms with Gasteiger partial charge in [0, 0.05) is 37.7 Å². The lowest BCUT2D eigenvalue weighted by Crippen LogP contribution is -2.48. The molecule has 0 spiro atoms. The zero-order valence-corrected chi connectivity index (χ0v) is 15.3. The Labute approximate surface area is 152 Å². The van der Waals surface area contributed by atoms with Crippen molar-refractivity contribution in [2.45, 2.75) is 12.3 Å². The largest absolute Gasteiger partial charge is 0.296 e. The van der Waals surface area contributed by atoms with Crippen LogP contribution in [0.25, 0.3) is 0 Å². The molecule has 2 aromatic carbocycles. The second-order valence-corrected chi connectivity index (χ2v) is 8.53. The van der Waals surface area contributed by atoms with E-state index >= 15 is 0 Å². The molecular formula is C18H20ClFN2O2S. The number of hydrogen-bond acceptors (Lipinski definition) is 3. The van der Waals surface area contributed by atoms with E-state index in [1.807, 2.05) is 0 Å². The van der Waals surface area contributed by atoms with Crippen molar-refractivity contribution < 1.29 is 12.8 Å². The Bertz CT molecular complexity index is 819. The normalized spacial score (nSPS) is 16.9. The van der Waals surface area contributed by atoms with Crippen LogP contribution in [0.5, 0.6) is 0 Å². The van der Waals surface area contributed by atoms with Gasteiger partial charge in [-0.15, -0.1) is 0 Å². The van der Waals surface area contributed by atoms with Crippen molar-refractivity contribution in [3.63, 3.8) is 0 Å². The molecule has 3 rings (SSSR count). The highest BCUT2D eigenvalue weighted by Crippen LogP contribution is 2.20. The number of piperazine rings is 1. The van der Waals surface area contributed by atoms with Gasteiger partial charge in [0.15, 0.2) is 0 Å². The Balaban J connectivity index is 1.57. The zero-order valence-electron chi connectivity index (χ0n) is 13.7. The quantitative estimate of drug-likeness (QED) is 0.797. The van der Waals surface area contributed by atoms with Crippen LogP contribution in [0.1, 0.15) is 11.1 Å². The molecule has 25 heavy (non-hydrogen) atoms. The van der Waals surface area contributed by atoms with Crippen LogP contribution in [-0.4, -0.2) is 43.8 Å². The molecule has 0 aromatic heterocycles. The van der Waals surface area contributed by atoms with Crippen molar-refractivity contribution in [2.75, 3.05) is 26.2 Å². The lowest BCUT2D eigenvalue weighted by atomic mass is 10.2. The van der Waals surface area contributed by atoms with Gasteiger partial charge in [-0.2, -0.15) is 4.31 Å². The summed E-state index contributed by atoms with van der Waals surface area (Å²) in [6.07, 6.45) is 0. The molecule has 1 heterocycles. The van der Waals surface area contributed by atoms with E-state index in [0.29, 0.717) is 43.3 Å². The summed E-state index contributed by atoms with van der Waals surface area (Å²) in [5.41, 5.74) is 1.65. The van der Waals surface area contributed by atoms with Gasteiger partial charge in [-0.25, -0.2) is 12.8 Å². The predicted octanol–water partition coefficient (Wildman–Crippen LogP) is 3.13. The van der Waals surface area contributed by atoms with Gasteiger partial charge in [-0.3, -0.25) is 4.90 Å². The lowest BCUT2D eigenvalue weighted by Gasteiger charge is -2.34. The highest BCUT2D eigenvalue weighted by Gasteiger charge is 2.27. The Morgan fingerprint density at radius 1 is 0.960 bits per heavy atom. The first-order valence-electron chi connectivity index (χ1n) is 8.12. The molecule has 4 nitrogen and oxygen atoms in total. The minimum atomic E-state index is -3.39. The molecule has 134 valence electrons. The average Bonchev–Trinajstić information content (AvgIpc) is 2.59. The number of nitrogens with zero attached hydrogens (tertiary/aromatic N) is 2. The highest BCUT2D eigenvalue weighted by atomic mass is 35.5. The zero-order chi connectivity index (χ0) is 17.9. The van der Waals surface area contributed by atoms with E-state index in [2.05, 4.69) is 4.90 Å². The van der Waals surface area contributed by atoms with Crippen molar-refractivity contribution >= 4 is 21.6 Å². The molecule has 0 N–H and O–H groups in total. The van der Waals surface area contributed by atoms with Crippen LogP contribution in [0.2, 0.25) is 5.02 Å². The smallest absolute Gasteiger partial charge is 0.218 e. The monoisotopic (exact) mass is 382 g/mol. The maximum Gasteiger partial charge on any atom is 0.218 e. The van der Waals surface area contributed by atoms with E-state index in [4.69, 9.17) is 11.6 Å². The maximum absolute atomic E-state index is 13.0. The van der Waals surface area contributed by atoms with Crippen molar-refractivity contribution in [1.82, 2.24) is 9.21 Å². The minimum absolute atomic E-state index is 0.0787. The van der Waals surface area contributed by atoms with Crippen LogP contribution in [0.4, 0.5) is 4.39 Å². The summed E-state index contributed by atoms with van der Waals surface area (Å²) in [4.78, 5) is 2.18. The molecule has 0 amide bonds. The number of halogens is 2. The Morgan fingerprint density at radius 2 is 1.60 bits per heavy atom. The minimum Gasteiger partial charge on any atom is -0.296 e. The van der Waals surface area contributed by atoms with Crippen LogP contribution in [0.15, 0.2) is 48.5 Å². The van der Waals surface area contributed by atoms with Crippen LogP contribution in [-0.2, 0) is 22.3 Å². The van der Waals surface area contributed by atoms with Gasteiger partial charge < -0.3 is 0 Å². The molecule has 0 saturated carbocycles. The fraction of sp³-hybridized carbons (Fsp3) is 0.333. The second kappa shape index (κ2) is 7.83. The van der Waals surface area contributed by atoms with Gasteiger partial charge in [0.2, 0.25) is 10.0 Å². The third kappa shape index (κ3) is 4.79. The molecule has 2 aromatic rings. The first-order chi connectivity index (χ1) is 11.9. The number of sulfonamides is 1. The first-order valence-corrected chi connectivity index (χ1v) is 10.1. The predicted molar refractivity (Wildman–Crippen MR) is 97.3 cm³/mol. The molecule has 7 heteroatoms. The van der Waals surface area contributed by atoms with E-state index in [1.54, 1.807) is 36.4 Å². The van der Waals surface area contributed by atoms with Crippen molar-refractivity contribution in [1.29, 1.82) is 0 Å². The number of benzene rings is 2. The van der Waals surface area contributed by atoms with Crippen molar-refractivity contribution in [2.24, 2.45) is 0 Å². The highest BCUT2D eigenvalue weighted by molar-refractivity contribution is 7.88. The van der Waals surface area contributed by atoms with Gasteiger partial charge in [0.05, 0.1) is 5.75 Å². The summed E-state index contributed by atoms with van der Waals surface area (Å²) >= 11 is 6.08. The van der Waals surface area contributed by atoms with Crippen molar-refractivity contribution in [3.8, 4) is 0 Å². The average molecular weight is 383 g/mol. The van der Waals surface area contributed by atoms with E-state index < -0.39 is 10.0 Å². The summed E-state index contributed by atoms with van der Waals surface area (Å²) in [6, 6.07) is 13.4. The molecule has 1 aliphatic rings. The molecule has 1 saturated heterocycles. The maximum atomic E-state index is 13.0. The van der Waals surface area contributed by atoms with Gasteiger partial charge in [0.25, 0.3) is 0 Å². The molecule has 1 aliphatic heterocycles. The summed E-state index contributed by atoms with van der Waals surface area (Å²) < 4.78 is 39.7. The van der Waals surface area contributed by atoms with E-state index in [0.717, 1.165) is 5.56 Å². The van der Waals surface area contributed by atoms with E-state index in [1.165, 1.54) is 16.4 Å². The van der Waals surface area contributed by atoms with Gasteiger partial charge >= 0.3 is 0 Å². The SMILES string of the molecule is O=S(=O)(Cc1ccccc1Cl)N1CCN(Cc2ccc(F)cc2)CC1. The fourth-order valence-corrected chi connectivity index (χ4v) is 4.75. The Morgan fingerprint density at radius 3 is 2.24 bits per heavy atom. The van der Waals surface area contributed by atoms with Gasteiger partial charge in [-0.1, -0.05) is 41.9 Å². The standard InChI is InChI=1S/C18H20ClFN2O2S/c19-18-4-2-1-3-16(18)14-25(23,24)22-11-9-21(10-12-22)13-15-5-7-17(20)8-6-15/h1-8H,9-14H2. The molecule has 0 aliphatic carbocycles. The summed E-state index contributed by atoms with van der Waals surface area (Å²) in [6.45, 7) is 2.90. The third-order valence-corrected chi connectivity index (χ3v) is 6.54. The van der Waals surface area contributed by atoms with Crippen LogP contribution in [0.3, 0.4) is 0 Å². The summed E-state index contributed by atoms with van der Waals surface area (Å²) in [5, 5.41) is 0.473. The molecular weight excluding hydrogens is 363 g/mol. The second-order valence-electron chi connectivity index (χ2n) is 6.15. The Kier molecular flexibility index (Phi) is 5.74. The number of rotatable bonds is 5. The molecule has 0 bridgehead atoms. The first kappa shape index (κ1) is 18.3. The van der Waals surface area contributed by atoms with Crippen LogP contribution < -0.4 is 0 Å². The van der Waals surface area contributed by atoms with Crippen molar-refractivity contribution in [3.05, 3.63) is 70.5 Å². The van der Waals surface area contributed by atoms with E-state index in [9.17, 15) is 12.8 Å². The topological polar surface area (TPSA) is 40.6 Å². The summed E-state index contributed by atoms with van der Waals surface area (Å²) in [5.74, 6) is -0.329. The third-order valence-electron chi connectivity index (χ3n) is 4.34. The van der Waals surface area contributed by atoms with Gasteiger partial charge in [-0.05, 0) is 29.3 Å². The van der Waals surface area contributed by atoms with E-state index in [-0.39, 0.29) is 11.6 Å². The fourth-order valence-electron chi connectivity index (χ4n) is 2.92. The van der Waals surface area contributed by atoms with Crippen LogP contribution in [0, 0.1) is 5.82 Å². The molecule has 0 unspecified atom stereocenters. The molecule has 1 fully saturated rings. The lowest BCUT2D eigenvalue weighted by molar-refractivity contribution is 0.181. The van der Waals surface area contributed by atoms with Gasteiger partial charge in [0.1, 0.15) is 5.82 Å². The number of hydrogen-bond donors (Lipinski definition) is 0. The molecule has 0 radical (unpaired) electrons. The summed E-state index contributed by atoms with van der Waals surface area (Å²) in [7, 11) is -3.39. The van der Waals surface area contributed by atoms with Crippen LogP contribution >= 0.6 is 11.6 Å². The molecule has 0 atom stereocenters. The Hall–Kier alpha value is -1.47.